The van der Waals surface area contributed by atoms with E-state index in [-0.39, 0.29) is 23.9 Å². The van der Waals surface area contributed by atoms with Crippen molar-refractivity contribution >= 4 is 5.78 Å². The minimum absolute atomic E-state index is 0.0814. The van der Waals surface area contributed by atoms with Crippen LogP contribution in [0.3, 0.4) is 0 Å². The van der Waals surface area contributed by atoms with Gasteiger partial charge >= 0.3 is 0 Å². The first-order valence-electron chi connectivity index (χ1n) is 9.55. The Morgan fingerprint density at radius 1 is 0.821 bits per heavy atom. The summed E-state index contributed by atoms with van der Waals surface area (Å²) < 4.78 is 1.67. The number of aromatic hydroxyl groups is 1. The number of pyridine rings is 1. The van der Waals surface area contributed by atoms with Crippen molar-refractivity contribution in [1.82, 2.24) is 4.68 Å². The molecule has 5 nitrogen and oxygen atoms in total. The number of carbonyl (C=O) groups is 1. The molecule has 0 atom stereocenters. The monoisotopic (exact) mass is 372 g/mol. The molecule has 0 amide bonds. The van der Waals surface area contributed by atoms with E-state index in [1.54, 1.807) is 10.9 Å². The number of aromatic nitrogens is 1. The van der Waals surface area contributed by atoms with Crippen LogP contribution in [0.4, 0.5) is 0 Å². The molecule has 2 aliphatic rings. The van der Waals surface area contributed by atoms with Crippen LogP contribution in [0.15, 0.2) is 65.6 Å². The highest BCUT2D eigenvalue weighted by Crippen LogP contribution is 2.37. The molecule has 0 saturated carbocycles. The molecule has 1 aliphatic heterocycles. The predicted octanol–water partition coefficient (Wildman–Crippen LogP) is 2.97. The van der Waals surface area contributed by atoms with Gasteiger partial charge in [0.05, 0.1) is 6.04 Å². The lowest BCUT2D eigenvalue weighted by Crippen LogP contribution is -2.46. The van der Waals surface area contributed by atoms with Gasteiger partial charge in [-0.1, -0.05) is 48.5 Å². The summed E-state index contributed by atoms with van der Waals surface area (Å²) in [5, 5.41) is 12.4. The maximum atomic E-state index is 12.5. The second-order valence-corrected chi connectivity index (χ2v) is 7.36. The SMILES string of the molecule is O=C1CCN(C2c3ccccc3CCc3ccccc32)n2ccc(=O)c(O)c21. The van der Waals surface area contributed by atoms with E-state index in [4.69, 9.17) is 0 Å². The van der Waals surface area contributed by atoms with Crippen molar-refractivity contribution in [2.45, 2.75) is 25.3 Å². The van der Waals surface area contributed by atoms with Crippen LogP contribution in [0.25, 0.3) is 0 Å². The number of carbonyl (C=O) groups excluding carboxylic acids is 1. The van der Waals surface area contributed by atoms with Crippen molar-refractivity contribution in [3.8, 4) is 5.75 Å². The fraction of sp³-hybridized carbons (Fsp3) is 0.217. The Labute approximate surface area is 162 Å². The van der Waals surface area contributed by atoms with E-state index < -0.39 is 11.2 Å². The van der Waals surface area contributed by atoms with Gasteiger partial charge in [0.15, 0.2) is 17.2 Å². The van der Waals surface area contributed by atoms with E-state index >= 15 is 0 Å². The lowest BCUT2D eigenvalue weighted by Gasteiger charge is -2.40. The Morgan fingerprint density at radius 3 is 2.07 bits per heavy atom. The minimum atomic E-state index is -0.525. The lowest BCUT2D eigenvalue weighted by atomic mass is 9.93. The molecule has 0 saturated heterocycles. The van der Waals surface area contributed by atoms with Crippen LogP contribution in [0.5, 0.6) is 5.75 Å². The number of benzene rings is 2. The second kappa shape index (κ2) is 6.37. The van der Waals surface area contributed by atoms with Crippen molar-refractivity contribution in [1.29, 1.82) is 0 Å². The smallest absolute Gasteiger partial charge is 0.224 e. The Balaban J connectivity index is 1.77. The summed E-state index contributed by atoms with van der Waals surface area (Å²) in [6.45, 7) is 0.515. The lowest BCUT2D eigenvalue weighted by molar-refractivity contribution is 0.0952. The van der Waals surface area contributed by atoms with Crippen molar-refractivity contribution in [2.24, 2.45) is 0 Å². The van der Waals surface area contributed by atoms with Crippen LogP contribution in [-0.4, -0.2) is 22.1 Å². The number of ketones is 1. The van der Waals surface area contributed by atoms with Crippen LogP contribution < -0.4 is 10.4 Å². The van der Waals surface area contributed by atoms with Crippen LogP contribution in [-0.2, 0) is 12.8 Å². The summed E-state index contributed by atoms with van der Waals surface area (Å²) in [7, 11) is 0. The fourth-order valence-electron chi connectivity index (χ4n) is 4.50. The number of fused-ring (bicyclic) bond motifs is 3. The van der Waals surface area contributed by atoms with E-state index in [0.29, 0.717) is 6.54 Å². The molecule has 3 aromatic rings. The maximum Gasteiger partial charge on any atom is 0.224 e. The van der Waals surface area contributed by atoms with E-state index in [1.165, 1.54) is 28.3 Å². The summed E-state index contributed by atoms with van der Waals surface area (Å²) in [6.07, 6.45) is 3.78. The van der Waals surface area contributed by atoms with Crippen molar-refractivity contribution in [3.63, 3.8) is 0 Å². The van der Waals surface area contributed by atoms with Gasteiger partial charge in [-0.3, -0.25) is 14.3 Å². The average molecular weight is 372 g/mol. The molecule has 2 heterocycles. The van der Waals surface area contributed by atoms with Crippen LogP contribution in [0.2, 0.25) is 0 Å². The van der Waals surface area contributed by atoms with E-state index in [0.717, 1.165) is 12.8 Å². The van der Waals surface area contributed by atoms with Crippen molar-refractivity contribution in [3.05, 3.63) is 99.0 Å². The van der Waals surface area contributed by atoms with Gasteiger partial charge in [0.2, 0.25) is 5.43 Å². The number of hydrogen-bond donors (Lipinski definition) is 1. The summed E-state index contributed by atoms with van der Waals surface area (Å²) >= 11 is 0. The van der Waals surface area contributed by atoms with Gasteiger partial charge in [0.1, 0.15) is 0 Å². The molecular formula is C23H20N2O3. The van der Waals surface area contributed by atoms with Crippen LogP contribution in [0, 0.1) is 0 Å². The molecule has 5 heteroatoms. The minimum Gasteiger partial charge on any atom is -0.503 e. The Kier molecular flexibility index (Phi) is 3.83. The highest BCUT2D eigenvalue weighted by molar-refractivity contribution is 5.98. The van der Waals surface area contributed by atoms with Gasteiger partial charge in [0, 0.05) is 25.2 Å². The largest absolute Gasteiger partial charge is 0.503 e. The van der Waals surface area contributed by atoms with Gasteiger partial charge in [-0.15, -0.1) is 0 Å². The quantitative estimate of drug-likeness (QED) is 0.713. The number of aryl methyl sites for hydroxylation is 2. The average Bonchev–Trinajstić information content (AvgIpc) is 2.88. The molecule has 0 radical (unpaired) electrons. The number of nitrogens with zero attached hydrogens (tertiary/aromatic N) is 2. The third-order valence-electron chi connectivity index (χ3n) is 5.82. The van der Waals surface area contributed by atoms with Gasteiger partial charge < -0.3 is 10.1 Å². The molecule has 1 aromatic heterocycles. The Hall–Kier alpha value is -3.34. The van der Waals surface area contributed by atoms with Gasteiger partial charge in [-0.05, 0) is 35.1 Å². The van der Waals surface area contributed by atoms with E-state index in [9.17, 15) is 14.7 Å². The third kappa shape index (κ3) is 2.47. The first-order chi connectivity index (χ1) is 13.6. The molecule has 0 fully saturated rings. The normalized spacial score (nSPS) is 16.1. The van der Waals surface area contributed by atoms with Crippen LogP contribution in [0.1, 0.15) is 45.2 Å². The molecule has 5 rings (SSSR count). The zero-order valence-corrected chi connectivity index (χ0v) is 15.3. The third-order valence-corrected chi connectivity index (χ3v) is 5.82. The molecule has 0 bridgehead atoms. The summed E-state index contributed by atoms with van der Waals surface area (Å²) in [6, 6.07) is 18.0. The molecule has 0 unspecified atom stereocenters. The molecule has 28 heavy (non-hydrogen) atoms. The summed E-state index contributed by atoms with van der Waals surface area (Å²) in [5.41, 5.74) is 4.53. The highest BCUT2D eigenvalue weighted by Gasteiger charge is 2.34. The number of hydrogen-bond acceptors (Lipinski definition) is 4. The predicted molar refractivity (Wildman–Crippen MR) is 107 cm³/mol. The molecule has 1 aliphatic carbocycles. The Morgan fingerprint density at radius 2 is 1.43 bits per heavy atom. The zero-order chi connectivity index (χ0) is 19.3. The highest BCUT2D eigenvalue weighted by atomic mass is 16.3. The molecule has 2 aromatic carbocycles. The number of rotatable bonds is 1. The van der Waals surface area contributed by atoms with Gasteiger partial charge in [-0.2, -0.15) is 0 Å². The Bertz CT molecular complexity index is 1100. The molecule has 1 N–H and O–H groups in total. The second-order valence-electron chi connectivity index (χ2n) is 7.36. The fourth-order valence-corrected chi connectivity index (χ4v) is 4.50. The number of Topliss-reactive ketones (excluding diaryl/α,β-unsaturated/α-hetero) is 1. The summed E-state index contributed by atoms with van der Waals surface area (Å²) in [5.74, 6) is -0.672. The first kappa shape index (κ1) is 16.8. The van der Waals surface area contributed by atoms with Gasteiger partial charge in [0.25, 0.3) is 0 Å². The molecule has 0 spiro atoms. The first-order valence-corrected chi connectivity index (χ1v) is 9.55. The zero-order valence-electron chi connectivity index (χ0n) is 15.3. The van der Waals surface area contributed by atoms with Crippen molar-refractivity contribution < 1.29 is 9.90 Å². The van der Waals surface area contributed by atoms with Crippen LogP contribution >= 0.6 is 0 Å². The summed E-state index contributed by atoms with van der Waals surface area (Å²) in [4.78, 5) is 24.4. The molecular weight excluding hydrogens is 352 g/mol. The standard InChI is InChI=1S/C23H20N2O3/c26-19-11-13-24(25-14-12-20(27)23(28)22(19)25)21-17-7-3-1-5-15(17)9-10-16-6-2-4-8-18(16)21/h1-8,12,14,21,28H,9-11,13H2. The van der Waals surface area contributed by atoms with Crippen molar-refractivity contribution in [2.75, 3.05) is 11.6 Å². The van der Waals surface area contributed by atoms with Gasteiger partial charge in [-0.25, -0.2) is 0 Å². The van der Waals surface area contributed by atoms with E-state index in [2.05, 4.69) is 41.4 Å². The topological polar surface area (TPSA) is 62.5 Å². The molecule has 140 valence electrons. The maximum absolute atomic E-state index is 12.5. The van der Waals surface area contributed by atoms with E-state index in [1.807, 2.05) is 12.1 Å².